The van der Waals surface area contributed by atoms with E-state index >= 15 is 4.39 Å². The van der Waals surface area contributed by atoms with Gasteiger partial charge in [-0.3, -0.25) is 14.7 Å². The fourth-order valence-electron chi connectivity index (χ4n) is 5.02. The van der Waals surface area contributed by atoms with Crippen LogP contribution in [0.3, 0.4) is 0 Å². The monoisotopic (exact) mass is 508 g/mol. The van der Waals surface area contributed by atoms with Crippen molar-refractivity contribution >= 4 is 28.5 Å². The Bertz CT molecular complexity index is 1270. The van der Waals surface area contributed by atoms with Gasteiger partial charge in [-0.2, -0.15) is 0 Å². The topological polar surface area (TPSA) is 62.7 Å². The molecule has 4 rings (SSSR count). The molecule has 1 saturated heterocycles. The first-order chi connectivity index (χ1) is 17.4. The molecule has 5 nitrogen and oxygen atoms in total. The third-order valence-electron chi connectivity index (χ3n) is 6.88. The van der Waals surface area contributed by atoms with E-state index in [1.54, 1.807) is 19.4 Å². The van der Waals surface area contributed by atoms with Crippen molar-refractivity contribution in [2.24, 2.45) is 11.8 Å². The van der Waals surface area contributed by atoms with Crippen LogP contribution in [0.4, 0.5) is 4.39 Å². The number of methoxy groups -OCH3 is 1. The summed E-state index contributed by atoms with van der Waals surface area (Å²) in [5.41, 5.74) is 2.18. The number of carbonyl (C=O) groups is 1. The number of nitrogens with zero attached hydrogens (tertiary/aromatic N) is 2. The number of carboxylic acids is 1. The Balaban J connectivity index is 1.39. The highest BCUT2D eigenvalue weighted by Crippen LogP contribution is 2.36. The number of benzene rings is 2. The number of rotatable bonds is 8. The second-order valence-electron chi connectivity index (χ2n) is 9.28. The van der Waals surface area contributed by atoms with Gasteiger partial charge < -0.3 is 9.84 Å². The first-order valence-corrected chi connectivity index (χ1v) is 12.6. The van der Waals surface area contributed by atoms with Gasteiger partial charge >= 0.3 is 5.97 Å². The number of aromatic nitrogens is 1. The zero-order chi connectivity index (χ0) is 25.5. The van der Waals surface area contributed by atoms with Crippen molar-refractivity contribution in [3.8, 4) is 17.6 Å². The predicted molar refractivity (Wildman–Crippen MR) is 140 cm³/mol. The number of hydrogen-bond acceptors (Lipinski definition) is 4. The van der Waals surface area contributed by atoms with Crippen LogP contribution in [0, 0.1) is 23.7 Å². The molecule has 0 amide bonds. The van der Waals surface area contributed by atoms with Gasteiger partial charge in [-0.25, -0.2) is 4.39 Å². The summed E-state index contributed by atoms with van der Waals surface area (Å²) >= 11 is 6.02. The lowest BCUT2D eigenvalue weighted by atomic mass is 9.79. The van der Waals surface area contributed by atoms with E-state index in [9.17, 15) is 9.90 Å². The number of fused-ring (bicyclic) bond motifs is 1. The van der Waals surface area contributed by atoms with Gasteiger partial charge in [0.15, 0.2) is 0 Å². The molecule has 188 valence electrons. The summed E-state index contributed by atoms with van der Waals surface area (Å²) in [6, 6.07) is 14.6. The van der Waals surface area contributed by atoms with Crippen LogP contribution in [0.25, 0.3) is 10.9 Å². The summed E-state index contributed by atoms with van der Waals surface area (Å²) in [7, 11) is 1.59. The third kappa shape index (κ3) is 6.75. The van der Waals surface area contributed by atoms with E-state index in [-0.39, 0.29) is 18.3 Å². The minimum absolute atomic E-state index is 0.0364. The second-order valence-corrected chi connectivity index (χ2v) is 9.72. The SMILES string of the molecule is COc1ccc2nccc(C(F)CC[C@@H]3CCN(CC#Cc4cccc(Cl)c4)C[C@@H]3CC(=O)O)c2c1. The number of hydrogen-bond donors (Lipinski definition) is 1. The molecule has 0 aliphatic carbocycles. The molecule has 7 heteroatoms. The van der Waals surface area contributed by atoms with Crippen LogP contribution < -0.4 is 4.74 Å². The summed E-state index contributed by atoms with van der Waals surface area (Å²) in [6.45, 7) is 2.02. The normalized spacial score (nSPS) is 18.9. The second kappa shape index (κ2) is 12.2. The number of likely N-dealkylation sites (tertiary alicyclic amines) is 1. The van der Waals surface area contributed by atoms with Gasteiger partial charge in [0.05, 0.1) is 19.2 Å². The van der Waals surface area contributed by atoms with Crippen LogP contribution >= 0.6 is 11.6 Å². The van der Waals surface area contributed by atoms with E-state index in [2.05, 4.69) is 21.7 Å². The number of aliphatic carboxylic acids is 1. The molecule has 0 spiro atoms. The lowest BCUT2D eigenvalue weighted by Crippen LogP contribution is -2.41. The Hall–Kier alpha value is -3.14. The van der Waals surface area contributed by atoms with Crippen LogP contribution in [-0.4, -0.2) is 47.7 Å². The summed E-state index contributed by atoms with van der Waals surface area (Å²) in [4.78, 5) is 18.1. The molecule has 3 atom stereocenters. The van der Waals surface area contributed by atoms with E-state index in [4.69, 9.17) is 16.3 Å². The molecule has 0 bridgehead atoms. The van der Waals surface area contributed by atoms with Crippen LogP contribution in [0.2, 0.25) is 5.02 Å². The van der Waals surface area contributed by atoms with Gasteiger partial charge in [-0.05, 0) is 85.7 Å². The maximum absolute atomic E-state index is 15.5. The molecule has 36 heavy (non-hydrogen) atoms. The van der Waals surface area contributed by atoms with Crippen LogP contribution in [0.1, 0.15) is 43.0 Å². The van der Waals surface area contributed by atoms with Crippen LogP contribution in [-0.2, 0) is 4.79 Å². The van der Waals surface area contributed by atoms with E-state index in [0.717, 1.165) is 29.4 Å². The van der Waals surface area contributed by atoms with Crippen molar-refractivity contribution in [2.75, 3.05) is 26.7 Å². The molecule has 1 aliphatic rings. The first kappa shape index (κ1) is 25.9. The average molecular weight is 509 g/mol. The smallest absolute Gasteiger partial charge is 0.303 e. The molecule has 1 aromatic heterocycles. The van der Waals surface area contributed by atoms with Crippen molar-refractivity contribution in [3.63, 3.8) is 0 Å². The van der Waals surface area contributed by atoms with E-state index in [1.807, 2.05) is 42.5 Å². The summed E-state index contributed by atoms with van der Waals surface area (Å²) in [5, 5.41) is 10.9. The zero-order valence-electron chi connectivity index (χ0n) is 20.3. The van der Waals surface area contributed by atoms with Crippen LogP contribution in [0.5, 0.6) is 5.75 Å². The number of halogens is 2. The fourth-order valence-corrected chi connectivity index (χ4v) is 5.21. The van der Waals surface area contributed by atoms with E-state index in [1.165, 1.54) is 0 Å². The Labute approximate surface area is 216 Å². The number of carboxylic acid groups (broad SMARTS) is 1. The maximum Gasteiger partial charge on any atom is 0.303 e. The molecular weight excluding hydrogens is 479 g/mol. The molecule has 3 aromatic rings. The van der Waals surface area contributed by atoms with E-state index in [0.29, 0.717) is 42.3 Å². The van der Waals surface area contributed by atoms with Gasteiger partial charge in [0.2, 0.25) is 0 Å². The Morgan fingerprint density at radius 1 is 1.28 bits per heavy atom. The van der Waals surface area contributed by atoms with Crippen molar-refractivity contribution in [2.45, 2.75) is 31.9 Å². The minimum Gasteiger partial charge on any atom is -0.497 e. The van der Waals surface area contributed by atoms with Crippen molar-refractivity contribution in [3.05, 3.63) is 70.9 Å². The van der Waals surface area contributed by atoms with Gasteiger partial charge in [-0.1, -0.05) is 29.5 Å². The highest BCUT2D eigenvalue weighted by atomic mass is 35.5. The number of pyridine rings is 1. The molecule has 2 aromatic carbocycles. The Morgan fingerprint density at radius 2 is 2.14 bits per heavy atom. The number of piperidine rings is 1. The summed E-state index contributed by atoms with van der Waals surface area (Å²) in [6.07, 6.45) is 2.35. The van der Waals surface area contributed by atoms with Crippen molar-refractivity contribution < 1.29 is 19.0 Å². The van der Waals surface area contributed by atoms with E-state index < -0.39 is 12.1 Å². The Morgan fingerprint density at radius 3 is 2.92 bits per heavy atom. The molecule has 1 fully saturated rings. The lowest BCUT2D eigenvalue weighted by Gasteiger charge is -2.37. The molecule has 1 aliphatic heterocycles. The maximum atomic E-state index is 15.5. The predicted octanol–water partition coefficient (Wildman–Crippen LogP) is 6.15. The quantitative estimate of drug-likeness (QED) is 0.370. The fraction of sp³-hybridized carbons (Fsp3) is 0.379. The Kier molecular flexibility index (Phi) is 8.79. The number of alkyl halides is 1. The molecular formula is C29H30ClFN2O3. The highest BCUT2D eigenvalue weighted by Gasteiger charge is 2.31. The molecule has 0 saturated carbocycles. The summed E-state index contributed by atoms with van der Waals surface area (Å²) in [5.74, 6) is 6.26. The first-order valence-electron chi connectivity index (χ1n) is 12.2. The highest BCUT2D eigenvalue weighted by molar-refractivity contribution is 6.30. The number of ether oxygens (including phenoxy) is 1. The standard InChI is InChI=1S/C29H30ClFN2O3/c1-36-24-8-10-28-26(18-24)25(11-13-32-28)27(31)9-7-21-12-15-33(19-22(21)17-29(34)35)14-3-5-20-4-2-6-23(30)16-20/h2,4,6,8,10-11,13,16,18,21-22,27H,7,9,12,14-15,17,19H2,1H3,(H,34,35)/t21-,22+,27?/m1/s1. The average Bonchev–Trinajstić information content (AvgIpc) is 2.87. The van der Waals surface area contributed by atoms with Gasteiger partial charge in [0.1, 0.15) is 11.9 Å². The molecule has 2 heterocycles. The van der Waals surface area contributed by atoms with Gasteiger partial charge in [0.25, 0.3) is 0 Å². The van der Waals surface area contributed by atoms with Gasteiger partial charge in [-0.15, -0.1) is 0 Å². The van der Waals surface area contributed by atoms with Crippen LogP contribution in [0.15, 0.2) is 54.7 Å². The van der Waals surface area contributed by atoms with Crippen molar-refractivity contribution in [1.82, 2.24) is 9.88 Å². The van der Waals surface area contributed by atoms with Gasteiger partial charge in [0, 0.05) is 35.1 Å². The molecule has 1 N–H and O–H groups in total. The molecule has 1 unspecified atom stereocenters. The zero-order valence-corrected chi connectivity index (χ0v) is 21.0. The molecule has 0 radical (unpaired) electrons. The lowest BCUT2D eigenvalue weighted by molar-refractivity contribution is -0.139. The summed E-state index contributed by atoms with van der Waals surface area (Å²) < 4.78 is 20.8. The third-order valence-corrected chi connectivity index (χ3v) is 7.12. The largest absolute Gasteiger partial charge is 0.497 e. The minimum atomic E-state index is -1.16. The van der Waals surface area contributed by atoms with Crippen molar-refractivity contribution in [1.29, 1.82) is 0 Å².